The van der Waals surface area contributed by atoms with Crippen molar-refractivity contribution in [2.24, 2.45) is 5.92 Å². The van der Waals surface area contributed by atoms with E-state index in [1.807, 2.05) is 0 Å². The average molecular weight is 293 g/mol. The van der Waals surface area contributed by atoms with E-state index in [4.69, 9.17) is 14.6 Å². The van der Waals surface area contributed by atoms with Crippen molar-refractivity contribution in [3.63, 3.8) is 0 Å². The van der Waals surface area contributed by atoms with Gasteiger partial charge in [-0.25, -0.2) is 0 Å². The van der Waals surface area contributed by atoms with Crippen LogP contribution in [0, 0.1) is 5.92 Å². The first-order valence-corrected chi connectivity index (χ1v) is 6.80. The number of methoxy groups -OCH3 is 2. The third-order valence-corrected chi connectivity index (χ3v) is 3.77. The van der Waals surface area contributed by atoms with E-state index in [2.05, 4.69) is 5.32 Å². The van der Waals surface area contributed by atoms with Crippen LogP contribution >= 0.6 is 0 Å². The van der Waals surface area contributed by atoms with Crippen LogP contribution in [0.15, 0.2) is 18.2 Å². The first kappa shape index (κ1) is 15.2. The first-order chi connectivity index (χ1) is 10.0. The Balaban J connectivity index is 2.05. The molecule has 1 saturated carbocycles. The first-order valence-electron chi connectivity index (χ1n) is 6.80. The molecule has 0 radical (unpaired) electrons. The number of nitrogens with one attached hydrogen (secondary N) is 1. The summed E-state index contributed by atoms with van der Waals surface area (Å²) in [5.74, 6) is -0.387. The van der Waals surface area contributed by atoms with Crippen molar-refractivity contribution in [1.29, 1.82) is 0 Å². The Labute approximate surface area is 123 Å². The molecule has 2 atom stereocenters. The number of carbonyl (C=O) groups is 2. The third-order valence-electron chi connectivity index (χ3n) is 3.77. The fraction of sp³-hybridized carbons (Fsp3) is 0.467. The highest BCUT2D eigenvalue weighted by molar-refractivity contribution is 5.97. The number of rotatable bonds is 5. The number of carboxylic acids is 1. The standard InChI is InChI=1S/C15H19NO5/c1-20-11-5-6-12(13(8-11)21-2)14(17)16-10-4-3-9(7-10)15(18)19/h5-6,8-10H,3-4,7H2,1-2H3,(H,16,17)(H,18,19)/t9-,10+/m0/s1. The molecule has 6 heteroatoms. The maximum absolute atomic E-state index is 12.3. The lowest BCUT2D eigenvalue weighted by atomic mass is 10.1. The van der Waals surface area contributed by atoms with Crippen LogP contribution in [0.25, 0.3) is 0 Å². The minimum Gasteiger partial charge on any atom is -0.497 e. The predicted octanol–water partition coefficient (Wildman–Crippen LogP) is 1.69. The molecule has 114 valence electrons. The van der Waals surface area contributed by atoms with Gasteiger partial charge >= 0.3 is 5.97 Å². The molecule has 0 unspecified atom stereocenters. The summed E-state index contributed by atoms with van der Waals surface area (Å²) in [6, 6.07) is 4.86. The van der Waals surface area contributed by atoms with Crippen LogP contribution in [0.3, 0.4) is 0 Å². The van der Waals surface area contributed by atoms with Gasteiger partial charge < -0.3 is 19.9 Å². The van der Waals surface area contributed by atoms with E-state index in [0.717, 1.165) is 0 Å². The molecule has 1 aliphatic rings. The van der Waals surface area contributed by atoms with E-state index in [1.54, 1.807) is 25.3 Å². The second kappa shape index (κ2) is 6.47. The lowest BCUT2D eigenvalue weighted by molar-refractivity contribution is -0.141. The molecule has 1 aromatic carbocycles. The van der Waals surface area contributed by atoms with Gasteiger partial charge in [-0.1, -0.05) is 0 Å². The Morgan fingerprint density at radius 1 is 1.24 bits per heavy atom. The Kier molecular flexibility index (Phi) is 4.67. The van der Waals surface area contributed by atoms with E-state index in [9.17, 15) is 9.59 Å². The normalized spacial score (nSPS) is 20.9. The van der Waals surface area contributed by atoms with Crippen LogP contribution in [0.2, 0.25) is 0 Å². The van der Waals surface area contributed by atoms with Crippen LogP contribution in [0.1, 0.15) is 29.6 Å². The van der Waals surface area contributed by atoms with Gasteiger partial charge in [0.25, 0.3) is 5.91 Å². The van der Waals surface area contributed by atoms with E-state index in [0.29, 0.717) is 36.3 Å². The number of hydrogen-bond acceptors (Lipinski definition) is 4. The minimum atomic E-state index is -0.797. The topological polar surface area (TPSA) is 84.9 Å². The number of amides is 1. The molecular formula is C15H19NO5. The molecule has 2 rings (SSSR count). The SMILES string of the molecule is COc1ccc(C(=O)N[C@@H]2CC[C@H](C(=O)O)C2)c(OC)c1. The highest BCUT2D eigenvalue weighted by Gasteiger charge is 2.31. The maximum Gasteiger partial charge on any atom is 0.306 e. The van der Waals surface area contributed by atoms with Crippen molar-refractivity contribution in [2.45, 2.75) is 25.3 Å². The molecule has 0 spiro atoms. The van der Waals surface area contributed by atoms with Crippen LogP contribution < -0.4 is 14.8 Å². The zero-order chi connectivity index (χ0) is 15.4. The molecule has 1 aromatic rings. The quantitative estimate of drug-likeness (QED) is 0.863. The van der Waals surface area contributed by atoms with Gasteiger partial charge in [-0.15, -0.1) is 0 Å². The predicted molar refractivity (Wildman–Crippen MR) is 75.8 cm³/mol. The number of carboxylic acid groups (broad SMARTS) is 1. The van der Waals surface area contributed by atoms with E-state index < -0.39 is 5.97 Å². The highest BCUT2D eigenvalue weighted by Crippen LogP contribution is 2.28. The van der Waals surface area contributed by atoms with Gasteiger partial charge in [-0.3, -0.25) is 9.59 Å². The second-order valence-corrected chi connectivity index (χ2v) is 5.08. The van der Waals surface area contributed by atoms with Crippen molar-refractivity contribution in [3.05, 3.63) is 23.8 Å². The Morgan fingerprint density at radius 2 is 2.00 bits per heavy atom. The molecule has 2 N–H and O–H groups in total. The number of ether oxygens (including phenoxy) is 2. The summed E-state index contributed by atoms with van der Waals surface area (Å²) in [6.07, 6.45) is 1.75. The number of benzene rings is 1. The van der Waals surface area contributed by atoms with Gasteiger partial charge in [-0.2, -0.15) is 0 Å². The average Bonchev–Trinajstić information content (AvgIpc) is 2.95. The molecule has 1 aliphatic carbocycles. The molecule has 0 aromatic heterocycles. The van der Waals surface area contributed by atoms with Crippen LogP contribution in [0.4, 0.5) is 0 Å². The fourth-order valence-electron chi connectivity index (χ4n) is 2.59. The summed E-state index contributed by atoms with van der Waals surface area (Å²) in [5, 5.41) is 11.8. The van der Waals surface area contributed by atoms with Crippen molar-refractivity contribution in [3.8, 4) is 11.5 Å². The summed E-state index contributed by atoms with van der Waals surface area (Å²) in [4.78, 5) is 23.2. The molecule has 6 nitrogen and oxygen atoms in total. The van der Waals surface area contributed by atoms with Crippen LogP contribution in [-0.4, -0.2) is 37.2 Å². The number of carbonyl (C=O) groups excluding carboxylic acids is 1. The molecule has 0 bridgehead atoms. The zero-order valence-corrected chi connectivity index (χ0v) is 12.1. The van der Waals surface area contributed by atoms with Gasteiger partial charge in [0.05, 0.1) is 25.7 Å². The molecule has 1 fully saturated rings. The maximum atomic E-state index is 12.3. The molecule has 0 heterocycles. The van der Waals surface area contributed by atoms with E-state index >= 15 is 0 Å². The Hall–Kier alpha value is -2.24. The summed E-state index contributed by atoms with van der Waals surface area (Å²) in [7, 11) is 3.03. The Bertz CT molecular complexity index is 543. The van der Waals surface area contributed by atoms with Crippen molar-refractivity contribution < 1.29 is 24.2 Å². The van der Waals surface area contributed by atoms with Crippen molar-refractivity contribution >= 4 is 11.9 Å². The minimum absolute atomic E-state index is 0.106. The number of aliphatic carboxylic acids is 1. The van der Waals surface area contributed by atoms with E-state index in [1.165, 1.54) is 7.11 Å². The molecule has 0 aliphatic heterocycles. The van der Waals surface area contributed by atoms with Crippen LogP contribution in [-0.2, 0) is 4.79 Å². The molecule has 0 saturated heterocycles. The van der Waals surface area contributed by atoms with E-state index in [-0.39, 0.29) is 17.9 Å². The lowest BCUT2D eigenvalue weighted by Gasteiger charge is -2.15. The van der Waals surface area contributed by atoms with Gasteiger partial charge in [0.1, 0.15) is 11.5 Å². The monoisotopic (exact) mass is 293 g/mol. The number of hydrogen-bond donors (Lipinski definition) is 2. The molecule has 1 amide bonds. The summed E-state index contributed by atoms with van der Waals surface area (Å²) in [6.45, 7) is 0. The van der Waals surface area contributed by atoms with Gasteiger partial charge in [0.15, 0.2) is 0 Å². The van der Waals surface area contributed by atoms with Crippen LogP contribution in [0.5, 0.6) is 11.5 Å². The Morgan fingerprint density at radius 3 is 2.57 bits per heavy atom. The molecule has 21 heavy (non-hydrogen) atoms. The summed E-state index contributed by atoms with van der Waals surface area (Å²) >= 11 is 0. The lowest BCUT2D eigenvalue weighted by Crippen LogP contribution is -2.33. The van der Waals surface area contributed by atoms with Crippen molar-refractivity contribution in [1.82, 2.24) is 5.32 Å². The third kappa shape index (κ3) is 3.45. The van der Waals surface area contributed by atoms with Gasteiger partial charge in [0, 0.05) is 12.1 Å². The van der Waals surface area contributed by atoms with Gasteiger partial charge in [-0.05, 0) is 31.4 Å². The fourth-order valence-corrected chi connectivity index (χ4v) is 2.59. The van der Waals surface area contributed by atoms with Crippen molar-refractivity contribution in [2.75, 3.05) is 14.2 Å². The zero-order valence-electron chi connectivity index (χ0n) is 12.1. The second-order valence-electron chi connectivity index (χ2n) is 5.08. The molecular weight excluding hydrogens is 274 g/mol. The smallest absolute Gasteiger partial charge is 0.306 e. The largest absolute Gasteiger partial charge is 0.497 e. The highest BCUT2D eigenvalue weighted by atomic mass is 16.5. The summed E-state index contributed by atoms with van der Waals surface area (Å²) in [5.41, 5.74) is 0.414. The summed E-state index contributed by atoms with van der Waals surface area (Å²) < 4.78 is 10.3. The van der Waals surface area contributed by atoms with Gasteiger partial charge in [0.2, 0.25) is 0 Å².